The van der Waals surface area contributed by atoms with Gasteiger partial charge in [0.1, 0.15) is 11.2 Å². The zero-order chi connectivity index (χ0) is 21.0. The van der Waals surface area contributed by atoms with Gasteiger partial charge in [0.05, 0.1) is 0 Å². The van der Waals surface area contributed by atoms with Crippen molar-refractivity contribution in [2.24, 2.45) is 5.41 Å². The van der Waals surface area contributed by atoms with Crippen LogP contribution in [-0.2, 0) is 9.59 Å². The topological polar surface area (TPSA) is 82.6 Å². The largest absolute Gasteiger partial charge is 0.353 e. The van der Waals surface area contributed by atoms with Gasteiger partial charge in [0.25, 0.3) is 0 Å². The summed E-state index contributed by atoms with van der Waals surface area (Å²) in [6.07, 6.45) is 1.75. The van der Waals surface area contributed by atoms with Crippen LogP contribution in [0, 0.1) is 5.41 Å². The zero-order valence-electron chi connectivity index (χ0n) is 17.0. The lowest BCUT2D eigenvalue weighted by Crippen LogP contribution is -2.54. The van der Waals surface area contributed by atoms with Crippen molar-refractivity contribution in [1.82, 2.24) is 9.88 Å². The third-order valence-corrected chi connectivity index (χ3v) is 5.17. The van der Waals surface area contributed by atoms with E-state index in [9.17, 15) is 14.4 Å². The van der Waals surface area contributed by atoms with Crippen LogP contribution in [0.2, 0.25) is 0 Å². The van der Waals surface area contributed by atoms with Crippen LogP contribution in [0.1, 0.15) is 31.1 Å². The molecule has 0 spiro atoms. The van der Waals surface area contributed by atoms with Crippen LogP contribution in [0.4, 0.5) is 11.5 Å². The number of Topliss-reactive ketones (excluding diaryl/α,β-unsaturated/α-hetero) is 1. The summed E-state index contributed by atoms with van der Waals surface area (Å²) < 4.78 is 0. The zero-order valence-corrected chi connectivity index (χ0v) is 17.0. The Morgan fingerprint density at radius 1 is 1.00 bits per heavy atom. The Balaban J connectivity index is 1.63. The summed E-state index contributed by atoms with van der Waals surface area (Å²) in [5.41, 5.74) is -0.208. The molecule has 1 fully saturated rings. The van der Waals surface area contributed by atoms with Crippen molar-refractivity contribution in [3.8, 4) is 0 Å². The summed E-state index contributed by atoms with van der Waals surface area (Å²) in [4.78, 5) is 45.6. The number of hydrogen-bond acceptors (Lipinski definition) is 5. The molecule has 3 rings (SSSR count). The molecule has 7 heteroatoms. The highest BCUT2D eigenvalue weighted by molar-refractivity contribution is 6.10. The molecule has 0 atom stereocenters. The lowest BCUT2D eigenvalue weighted by atomic mass is 9.89. The van der Waals surface area contributed by atoms with Crippen LogP contribution >= 0.6 is 0 Å². The quantitative estimate of drug-likeness (QED) is 0.623. The molecule has 0 radical (unpaired) electrons. The van der Waals surface area contributed by atoms with Crippen molar-refractivity contribution < 1.29 is 14.4 Å². The molecule has 0 unspecified atom stereocenters. The van der Waals surface area contributed by atoms with E-state index in [2.05, 4.69) is 15.2 Å². The number of piperazine rings is 1. The van der Waals surface area contributed by atoms with Crippen molar-refractivity contribution in [3.63, 3.8) is 0 Å². The summed E-state index contributed by atoms with van der Waals surface area (Å²) in [5, 5.41) is 2.77. The first kappa shape index (κ1) is 20.5. The Morgan fingerprint density at radius 3 is 2.34 bits per heavy atom. The predicted octanol–water partition coefficient (Wildman–Crippen LogP) is 2.60. The number of ketones is 1. The lowest BCUT2D eigenvalue weighted by molar-refractivity contribution is -0.146. The summed E-state index contributed by atoms with van der Waals surface area (Å²) in [7, 11) is 0. The van der Waals surface area contributed by atoms with E-state index in [1.165, 1.54) is 6.92 Å². The standard InChI is InChI=1S/C22H26N4O3/c1-16(27)17-7-6-8-18(15-17)24-20(28)22(2,3)21(29)26-13-11-25(12-14-26)19-9-4-5-10-23-19/h4-10,15H,11-14H2,1-3H3,(H,24,28). The van der Waals surface area contributed by atoms with Gasteiger partial charge in [0.15, 0.2) is 5.78 Å². The SMILES string of the molecule is CC(=O)c1cccc(NC(=O)C(C)(C)C(=O)N2CCN(c3ccccn3)CC2)c1. The Bertz CT molecular complexity index is 903. The molecule has 0 aliphatic carbocycles. The molecule has 1 aliphatic heterocycles. The van der Waals surface area contributed by atoms with Crippen LogP contribution in [0.5, 0.6) is 0 Å². The molecule has 29 heavy (non-hydrogen) atoms. The Morgan fingerprint density at radius 2 is 1.72 bits per heavy atom. The van der Waals surface area contributed by atoms with E-state index < -0.39 is 11.3 Å². The van der Waals surface area contributed by atoms with Gasteiger partial charge in [-0.2, -0.15) is 0 Å². The van der Waals surface area contributed by atoms with Gasteiger partial charge >= 0.3 is 0 Å². The van der Waals surface area contributed by atoms with Gasteiger partial charge in [0.2, 0.25) is 11.8 Å². The molecular formula is C22H26N4O3. The first-order valence-corrected chi connectivity index (χ1v) is 9.67. The van der Waals surface area contributed by atoms with Crippen molar-refractivity contribution in [1.29, 1.82) is 0 Å². The molecule has 1 aliphatic rings. The van der Waals surface area contributed by atoms with Gasteiger partial charge in [-0.1, -0.05) is 18.2 Å². The fourth-order valence-electron chi connectivity index (χ4n) is 3.28. The number of nitrogens with one attached hydrogen (secondary N) is 1. The number of pyridine rings is 1. The molecule has 2 amide bonds. The maximum atomic E-state index is 13.0. The van der Waals surface area contributed by atoms with E-state index in [0.717, 1.165) is 5.82 Å². The van der Waals surface area contributed by atoms with E-state index in [1.54, 1.807) is 49.2 Å². The predicted molar refractivity (Wildman–Crippen MR) is 112 cm³/mol. The second kappa shape index (κ2) is 8.43. The minimum Gasteiger partial charge on any atom is -0.353 e. The number of rotatable bonds is 5. The molecular weight excluding hydrogens is 368 g/mol. The molecule has 0 saturated carbocycles. The number of hydrogen-bond donors (Lipinski definition) is 1. The molecule has 152 valence electrons. The van der Waals surface area contributed by atoms with E-state index in [-0.39, 0.29) is 11.7 Å². The van der Waals surface area contributed by atoms with Crippen molar-refractivity contribution in [2.75, 3.05) is 36.4 Å². The lowest BCUT2D eigenvalue weighted by Gasteiger charge is -2.38. The highest BCUT2D eigenvalue weighted by Gasteiger charge is 2.40. The molecule has 2 heterocycles. The fraction of sp³-hybridized carbons (Fsp3) is 0.364. The molecule has 7 nitrogen and oxygen atoms in total. The summed E-state index contributed by atoms with van der Waals surface area (Å²) >= 11 is 0. The Kier molecular flexibility index (Phi) is 5.96. The minimum absolute atomic E-state index is 0.0813. The number of amides is 2. The smallest absolute Gasteiger partial charge is 0.239 e. The van der Waals surface area contributed by atoms with Gasteiger partial charge in [-0.05, 0) is 45.0 Å². The first-order valence-electron chi connectivity index (χ1n) is 9.67. The van der Waals surface area contributed by atoms with E-state index in [0.29, 0.717) is 37.4 Å². The second-order valence-electron chi connectivity index (χ2n) is 7.68. The second-order valence-corrected chi connectivity index (χ2v) is 7.68. The van der Waals surface area contributed by atoms with Crippen LogP contribution in [0.25, 0.3) is 0 Å². The molecule has 1 aromatic heterocycles. The monoisotopic (exact) mass is 394 g/mol. The van der Waals surface area contributed by atoms with E-state index >= 15 is 0 Å². The molecule has 1 N–H and O–H groups in total. The number of benzene rings is 1. The van der Waals surface area contributed by atoms with Gasteiger partial charge in [-0.25, -0.2) is 4.98 Å². The van der Waals surface area contributed by atoms with Crippen molar-refractivity contribution in [2.45, 2.75) is 20.8 Å². The maximum Gasteiger partial charge on any atom is 0.239 e. The number of carbonyl (C=O) groups is 3. The van der Waals surface area contributed by atoms with Crippen molar-refractivity contribution >= 4 is 29.1 Å². The van der Waals surface area contributed by atoms with Gasteiger partial charge < -0.3 is 15.1 Å². The van der Waals surface area contributed by atoms with Crippen LogP contribution in [-0.4, -0.2) is 53.7 Å². The average molecular weight is 394 g/mol. The molecule has 2 aromatic rings. The third kappa shape index (κ3) is 4.62. The Labute approximate surface area is 170 Å². The number of carbonyl (C=O) groups excluding carboxylic acids is 3. The summed E-state index contributed by atoms with van der Waals surface area (Å²) in [5.74, 6) is 0.206. The summed E-state index contributed by atoms with van der Waals surface area (Å²) in [6, 6.07) is 12.5. The number of aromatic nitrogens is 1. The van der Waals surface area contributed by atoms with Crippen molar-refractivity contribution in [3.05, 3.63) is 54.2 Å². The van der Waals surface area contributed by atoms with Crippen LogP contribution < -0.4 is 10.2 Å². The van der Waals surface area contributed by atoms with Crippen LogP contribution in [0.15, 0.2) is 48.7 Å². The first-order chi connectivity index (χ1) is 13.8. The fourth-order valence-corrected chi connectivity index (χ4v) is 3.28. The number of nitrogens with zero attached hydrogens (tertiary/aromatic N) is 3. The molecule has 1 aromatic carbocycles. The normalized spacial score (nSPS) is 14.4. The molecule has 1 saturated heterocycles. The number of anilines is 2. The van der Waals surface area contributed by atoms with E-state index in [1.807, 2.05) is 18.2 Å². The van der Waals surface area contributed by atoms with E-state index in [4.69, 9.17) is 0 Å². The highest BCUT2D eigenvalue weighted by atomic mass is 16.2. The Hall–Kier alpha value is -3.22. The van der Waals surface area contributed by atoms with Gasteiger partial charge in [-0.15, -0.1) is 0 Å². The van der Waals surface area contributed by atoms with Crippen LogP contribution in [0.3, 0.4) is 0 Å². The minimum atomic E-state index is -1.22. The maximum absolute atomic E-state index is 13.0. The third-order valence-electron chi connectivity index (χ3n) is 5.17. The molecule has 0 bridgehead atoms. The van der Waals surface area contributed by atoms with Gasteiger partial charge in [0, 0.05) is 43.6 Å². The summed E-state index contributed by atoms with van der Waals surface area (Å²) in [6.45, 7) is 7.13. The van der Waals surface area contributed by atoms with Gasteiger partial charge in [-0.3, -0.25) is 14.4 Å². The average Bonchev–Trinajstić information content (AvgIpc) is 2.74. The highest BCUT2D eigenvalue weighted by Crippen LogP contribution is 2.24.